The van der Waals surface area contributed by atoms with Crippen molar-refractivity contribution in [2.45, 2.75) is 50.1 Å². The molecule has 3 N–H and O–H groups in total. The summed E-state index contributed by atoms with van der Waals surface area (Å²) in [6.45, 7) is 3.05. The van der Waals surface area contributed by atoms with E-state index < -0.39 is 29.0 Å². The number of ether oxygens (including phenoxy) is 1. The van der Waals surface area contributed by atoms with Crippen molar-refractivity contribution in [2.24, 2.45) is 0 Å². The number of aliphatic carboxylic acids is 1. The lowest BCUT2D eigenvalue weighted by molar-refractivity contribution is -0.146. The van der Waals surface area contributed by atoms with Crippen molar-refractivity contribution in [3.05, 3.63) is 59.7 Å². The average Bonchev–Trinajstić information content (AvgIpc) is 3.38. The highest BCUT2D eigenvalue weighted by molar-refractivity contribution is 5.87. The molecular formula is C24H26N2O5. The van der Waals surface area contributed by atoms with E-state index >= 15 is 0 Å². The predicted octanol–water partition coefficient (Wildman–Crippen LogP) is 3.43. The number of carboxylic acids is 1. The Morgan fingerprint density at radius 1 is 1.03 bits per heavy atom. The van der Waals surface area contributed by atoms with Crippen LogP contribution in [0.15, 0.2) is 48.5 Å². The molecule has 0 saturated heterocycles. The number of fused-ring (bicyclic) bond motifs is 3. The lowest BCUT2D eigenvalue weighted by Gasteiger charge is -2.23. The van der Waals surface area contributed by atoms with Gasteiger partial charge in [-0.05, 0) is 48.9 Å². The van der Waals surface area contributed by atoms with Crippen molar-refractivity contribution in [3.63, 3.8) is 0 Å². The maximum Gasteiger partial charge on any atom is 0.407 e. The van der Waals surface area contributed by atoms with Gasteiger partial charge >= 0.3 is 12.1 Å². The molecule has 2 amide bonds. The molecule has 31 heavy (non-hydrogen) atoms. The fraction of sp³-hybridized carbons (Fsp3) is 0.375. The number of hydrogen-bond acceptors (Lipinski definition) is 4. The molecule has 0 aromatic heterocycles. The number of benzene rings is 2. The van der Waals surface area contributed by atoms with E-state index in [1.165, 1.54) is 13.8 Å². The van der Waals surface area contributed by atoms with Crippen molar-refractivity contribution in [1.29, 1.82) is 0 Å². The third kappa shape index (κ3) is 4.26. The van der Waals surface area contributed by atoms with Crippen molar-refractivity contribution in [3.8, 4) is 11.1 Å². The van der Waals surface area contributed by atoms with E-state index in [0.29, 0.717) is 12.8 Å². The molecule has 162 valence electrons. The molecule has 7 heteroatoms. The molecule has 2 aromatic rings. The molecule has 2 aliphatic rings. The second kappa shape index (κ2) is 7.72. The van der Waals surface area contributed by atoms with E-state index in [1.807, 2.05) is 24.3 Å². The smallest absolute Gasteiger partial charge is 0.407 e. The zero-order chi connectivity index (χ0) is 22.2. The van der Waals surface area contributed by atoms with Crippen LogP contribution in [0.2, 0.25) is 0 Å². The van der Waals surface area contributed by atoms with Gasteiger partial charge in [0.2, 0.25) is 5.91 Å². The molecule has 0 atom stereocenters. The lowest BCUT2D eigenvalue weighted by atomic mass is 9.98. The van der Waals surface area contributed by atoms with E-state index in [2.05, 4.69) is 34.9 Å². The van der Waals surface area contributed by atoms with Gasteiger partial charge in [-0.1, -0.05) is 48.5 Å². The van der Waals surface area contributed by atoms with Crippen LogP contribution in [0.1, 0.15) is 50.2 Å². The van der Waals surface area contributed by atoms with E-state index in [-0.39, 0.29) is 18.9 Å². The summed E-state index contributed by atoms with van der Waals surface area (Å²) >= 11 is 0. The summed E-state index contributed by atoms with van der Waals surface area (Å²) in [5.74, 6) is -1.56. The van der Waals surface area contributed by atoms with E-state index in [1.54, 1.807) is 0 Å². The largest absolute Gasteiger partial charge is 0.480 e. The molecule has 2 aromatic carbocycles. The standard InChI is InChI=1S/C24H26N2O5/c1-23(2,21(28)29)25-20(27)13-24(11-12-24)26-22(30)31-14-19-17-9-5-3-7-15(17)16-8-4-6-10-18(16)19/h3-10,19H,11-14H2,1-2H3,(H,25,27)(H,26,30)(H,28,29). The van der Waals surface area contributed by atoms with E-state index in [9.17, 15) is 14.4 Å². The van der Waals surface area contributed by atoms with Crippen molar-refractivity contribution in [2.75, 3.05) is 6.61 Å². The molecule has 0 heterocycles. The predicted molar refractivity (Wildman–Crippen MR) is 115 cm³/mol. The maximum absolute atomic E-state index is 12.5. The summed E-state index contributed by atoms with van der Waals surface area (Å²) in [4.78, 5) is 36.0. The van der Waals surface area contributed by atoms with Crippen LogP contribution < -0.4 is 10.6 Å². The first-order chi connectivity index (χ1) is 14.7. The minimum absolute atomic E-state index is 0.0217. The first kappa shape index (κ1) is 20.9. The highest BCUT2D eigenvalue weighted by Crippen LogP contribution is 2.44. The summed E-state index contributed by atoms with van der Waals surface area (Å²) in [5, 5.41) is 14.5. The van der Waals surface area contributed by atoms with Gasteiger partial charge in [0.25, 0.3) is 0 Å². The minimum Gasteiger partial charge on any atom is -0.480 e. The zero-order valence-corrected chi connectivity index (χ0v) is 17.6. The molecular weight excluding hydrogens is 396 g/mol. The van der Waals surface area contributed by atoms with Gasteiger partial charge < -0.3 is 20.5 Å². The Morgan fingerprint density at radius 2 is 1.58 bits per heavy atom. The molecule has 0 bridgehead atoms. The third-order valence-electron chi connectivity index (χ3n) is 6.05. The van der Waals surface area contributed by atoms with Crippen LogP contribution in [0.25, 0.3) is 11.1 Å². The second-order valence-corrected chi connectivity index (χ2v) is 8.89. The van der Waals surface area contributed by atoms with Crippen LogP contribution in [-0.4, -0.2) is 40.8 Å². The van der Waals surface area contributed by atoms with Gasteiger partial charge in [0.15, 0.2) is 0 Å². The Balaban J connectivity index is 1.36. The van der Waals surface area contributed by atoms with Crippen molar-refractivity contribution >= 4 is 18.0 Å². The van der Waals surface area contributed by atoms with Crippen molar-refractivity contribution in [1.82, 2.24) is 10.6 Å². The fourth-order valence-corrected chi connectivity index (χ4v) is 4.10. The van der Waals surface area contributed by atoms with Gasteiger partial charge in [0.05, 0.1) is 5.54 Å². The molecule has 1 fully saturated rings. The molecule has 0 radical (unpaired) electrons. The number of rotatable bonds is 7. The van der Waals surface area contributed by atoms with Gasteiger partial charge in [-0.2, -0.15) is 0 Å². The minimum atomic E-state index is -1.36. The number of alkyl carbamates (subject to hydrolysis) is 1. The average molecular weight is 422 g/mol. The summed E-state index contributed by atoms with van der Waals surface area (Å²) in [6.07, 6.45) is 0.758. The van der Waals surface area contributed by atoms with Crippen LogP contribution in [-0.2, 0) is 14.3 Å². The summed E-state index contributed by atoms with van der Waals surface area (Å²) in [5.41, 5.74) is 2.55. The Bertz CT molecular complexity index is 996. The topological polar surface area (TPSA) is 105 Å². The fourth-order valence-electron chi connectivity index (χ4n) is 4.10. The number of carbonyl (C=O) groups excluding carboxylic acids is 2. The van der Waals surface area contributed by atoms with Gasteiger partial charge in [-0.3, -0.25) is 4.79 Å². The highest BCUT2D eigenvalue weighted by atomic mass is 16.5. The third-order valence-corrected chi connectivity index (χ3v) is 6.05. The monoisotopic (exact) mass is 422 g/mol. The number of amides is 2. The normalized spacial score (nSPS) is 16.1. The molecule has 7 nitrogen and oxygen atoms in total. The number of carbonyl (C=O) groups is 3. The van der Waals surface area contributed by atoms with Crippen LogP contribution in [0.5, 0.6) is 0 Å². The molecule has 2 aliphatic carbocycles. The molecule has 0 unspecified atom stereocenters. The van der Waals surface area contributed by atoms with Gasteiger partial charge in [-0.15, -0.1) is 0 Å². The van der Waals surface area contributed by atoms with Gasteiger partial charge in [-0.25, -0.2) is 9.59 Å². The van der Waals surface area contributed by atoms with Crippen LogP contribution >= 0.6 is 0 Å². The Hall–Kier alpha value is -3.35. The zero-order valence-electron chi connectivity index (χ0n) is 17.6. The molecule has 0 spiro atoms. The second-order valence-electron chi connectivity index (χ2n) is 8.89. The Morgan fingerprint density at radius 3 is 2.10 bits per heavy atom. The Labute approximate surface area is 180 Å². The quantitative estimate of drug-likeness (QED) is 0.634. The van der Waals surface area contributed by atoms with Gasteiger partial charge in [0.1, 0.15) is 12.1 Å². The Kier molecular flexibility index (Phi) is 5.21. The molecule has 4 rings (SSSR count). The first-order valence-electron chi connectivity index (χ1n) is 10.4. The lowest BCUT2D eigenvalue weighted by Crippen LogP contribution is -2.51. The maximum atomic E-state index is 12.5. The summed E-state index contributed by atoms with van der Waals surface area (Å²) in [6, 6.07) is 16.2. The van der Waals surface area contributed by atoms with Crippen molar-refractivity contribution < 1.29 is 24.2 Å². The number of nitrogens with one attached hydrogen (secondary N) is 2. The van der Waals surface area contributed by atoms with Gasteiger partial charge in [0, 0.05) is 12.3 Å². The van der Waals surface area contributed by atoms with Crippen LogP contribution in [0.4, 0.5) is 4.79 Å². The summed E-state index contributed by atoms with van der Waals surface area (Å²) in [7, 11) is 0. The van der Waals surface area contributed by atoms with E-state index in [4.69, 9.17) is 9.84 Å². The molecule has 1 saturated carbocycles. The SMILES string of the molecule is CC(C)(NC(=O)CC1(NC(=O)OCC2c3ccccc3-c3ccccc32)CC1)C(=O)O. The van der Waals surface area contributed by atoms with Crippen LogP contribution in [0.3, 0.4) is 0 Å². The van der Waals surface area contributed by atoms with E-state index in [0.717, 1.165) is 22.3 Å². The molecule has 0 aliphatic heterocycles. The number of carboxylic acid groups (broad SMARTS) is 1. The first-order valence-corrected chi connectivity index (χ1v) is 10.4. The highest BCUT2D eigenvalue weighted by Gasteiger charge is 2.47. The van der Waals surface area contributed by atoms with Crippen LogP contribution in [0, 0.1) is 0 Å². The number of hydrogen-bond donors (Lipinski definition) is 3. The summed E-state index contributed by atoms with van der Waals surface area (Å²) < 4.78 is 5.56.